The van der Waals surface area contributed by atoms with E-state index >= 15 is 0 Å². The third-order valence-electron chi connectivity index (χ3n) is 3.01. The zero-order valence-corrected chi connectivity index (χ0v) is 9.63. The molecule has 1 N–H and O–H groups in total. The van der Waals surface area contributed by atoms with Crippen LogP contribution in [0.4, 0.5) is 11.5 Å². The first-order chi connectivity index (χ1) is 8.16. The third kappa shape index (κ3) is 2.91. The van der Waals surface area contributed by atoms with E-state index in [1.165, 1.54) is 12.3 Å². The third-order valence-corrected chi connectivity index (χ3v) is 3.01. The Balaban J connectivity index is 1.96. The normalized spacial score (nSPS) is 21.1. The van der Waals surface area contributed by atoms with Crippen LogP contribution in [0.3, 0.4) is 0 Å². The molecule has 1 aromatic heterocycles. The molecule has 0 radical (unpaired) electrons. The summed E-state index contributed by atoms with van der Waals surface area (Å²) in [5.74, 6) is 1.14. The van der Waals surface area contributed by atoms with E-state index in [0.29, 0.717) is 11.7 Å². The van der Waals surface area contributed by atoms with E-state index in [1.807, 2.05) is 0 Å². The van der Waals surface area contributed by atoms with Crippen molar-refractivity contribution in [3.63, 3.8) is 0 Å². The minimum atomic E-state index is -0.453. The van der Waals surface area contributed by atoms with E-state index in [4.69, 9.17) is 4.74 Å². The summed E-state index contributed by atoms with van der Waals surface area (Å²) in [5, 5.41) is 13.7. The van der Waals surface area contributed by atoms with E-state index in [0.717, 1.165) is 19.6 Å². The molecule has 0 amide bonds. The van der Waals surface area contributed by atoms with Gasteiger partial charge < -0.3 is 10.1 Å². The van der Waals surface area contributed by atoms with E-state index in [-0.39, 0.29) is 11.7 Å². The van der Waals surface area contributed by atoms with Crippen molar-refractivity contribution >= 4 is 11.5 Å². The number of pyridine rings is 1. The highest BCUT2D eigenvalue weighted by molar-refractivity contribution is 5.40. The van der Waals surface area contributed by atoms with Gasteiger partial charge in [0.15, 0.2) is 0 Å². The van der Waals surface area contributed by atoms with Gasteiger partial charge in [-0.25, -0.2) is 4.98 Å². The number of hydrogen-bond acceptors (Lipinski definition) is 5. The summed E-state index contributed by atoms with van der Waals surface area (Å²) >= 11 is 0. The molecule has 0 bridgehead atoms. The van der Waals surface area contributed by atoms with Gasteiger partial charge in [0.05, 0.1) is 11.5 Å². The number of rotatable bonds is 4. The first-order valence-corrected chi connectivity index (χ1v) is 5.61. The molecule has 2 rings (SSSR count). The molecule has 1 aromatic rings. The van der Waals surface area contributed by atoms with Crippen molar-refractivity contribution in [2.75, 3.05) is 18.5 Å². The van der Waals surface area contributed by atoms with Gasteiger partial charge in [0.25, 0.3) is 5.69 Å². The number of hydrogen-bond donors (Lipinski definition) is 1. The number of anilines is 1. The summed E-state index contributed by atoms with van der Waals surface area (Å²) < 4.78 is 5.32. The van der Waals surface area contributed by atoms with Gasteiger partial charge in [0, 0.05) is 24.6 Å². The van der Waals surface area contributed by atoms with Crippen molar-refractivity contribution < 1.29 is 9.66 Å². The van der Waals surface area contributed by atoms with Crippen LogP contribution in [0, 0.1) is 16.0 Å². The highest BCUT2D eigenvalue weighted by Crippen LogP contribution is 2.20. The predicted octanol–water partition coefficient (Wildman–Crippen LogP) is 1.83. The van der Waals surface area contributed by atoms with Gasteiger partial charge in [0.2, 0.25) is 0 Å². The smallest absolute Gasteiger partial charge is 0.287 e. The van der Waals surface area contributed by atoms with Crippen molar-refractivity contribution in [3.05, 3.63) is 28.4 Å². The zero-order valence-electron chi connectivity index (χ0n) is 9.63. The van der Waals surface area contributed by atoms with Gasteiger partial charge in [-0.1, -0.05) is 0 Å². The number of nitrogens with one attached hydrogen (secondary N) is 1. The van der Waals surface area contributed by atoms with Gasteiger partial charge in [0.1, 0.15) is 12.0 Å². The highest BCUT2D eigenvalue weighted by Gasteiger charge is 2.22. The first-order valence-electron chi connectivity index (χ1n) is 5.61. The quantitative estimate of drug-likeness (QED) is 0.638. The summed E-state index contributed by atoms with van der Waals surface area (Å²) in [6, 6.07) is 3.34. The van der Waals surface area contributed by atoms with Crippen molar-refractivity contribution in [1.29, 1.82) is 0 Å². The van der Waals surface area contributed by atoms with Gasteiger partial charge >= 0.3 is 0 Å². The molecule has 1 saturated heterocycles. The lowest BCUT2D eigenvalue weighted by Crippen LogP contribution is -2.26. The van der Waals surface area contributed by atoms with Crippen LogP contribution in [0.5, 0.6) is 0 Å². The molecule has 6 nitrogen and oxygen atoms in total. The van der Waals surface area contributed by atoms with Crippen LogP contribution >= 0.6 is 0 Å². The molecule has 1 aliphatic rings. The first kappa shape index (κ1) is 11.8. The summed E-state index contributed by atoms with van der Waals surface area (Å²) in [5.41, 5.74) is 0.00685. The molecule has 0 spiro atoms. The fourth-order valence-corrected chi connectivity index (χ4v) is 1.88. The topological polar surface area (TPSA) is 77.3 Å². The molecule has 2 atom stereocenters. The molecular weight excluding hydrogens is 222 g/mol. The molecule has 0 aromatic carbocycles. The zero-order chi connectivity index (χ0) is 12.3. The van der Waals surface area contributed by atoms with Crippen molar-refractivity contribution in [3.8, 4) is 0 Å². The number of nitrogens with zero attached hydrogens (tertiary/aromatic N) is 2. The van der Waals surface area contributed by atoms with Crippen LogP contribution in [-0.4, -0.2) is 29.2 Å². The maximum absolute atomic E-state index is 10.5. The van der Waals surface area contributed by atoms with E-state index in [9.17, 15) is 10.1 Å². The lowest BCUT2D eigenvalue weighted by atomic mass is 10.0. The minimum Gasteiger partial charge on any atom is -0.381 e. The van der Waals surface area contributed by atoms with Crippen molar-refractivity contribution in [2.45, 2.75) is 19.4 Å². The predicted molar refractivity (Wildman–Crippen MR) is 62.9 cm³/mol. The summed E-state index contributed by atoms with van der Waals surface area (Å²) in [6.07, 6.45) is 2.31. The number of nitro groups is 1. The van der Waals surface area contributed by atoms with Crippen LogP contribution in [-0.2, 0) is 4.74 Å². The van der Waals surface area contributed by atoms with Crippen LogP contribution in [0.2, 0.25) is 0 Å². The second kappa shape index (κ2) is 5.09. The van der Waals surface area contributed by atoms with Gasteiger partial charge in [-0.05, 0) is 19.4 Å². The van der Waals surface area contributed by atoms with Gasteiger partial charge in [-0.3, -0.25) is 10.1 Å². The molecule has 17 heavy (non-hydrogen) atoms. The largest absolute Gasteiger partial charge is 0.381 e. The van der Waals surface area contributed by atoms with E-state index in [2.05, 4.69) is 17.2 Å². The lowest BCUT2D eigenvalue weighted by Gasteiger charge is -2.19. The Morgan fingerprint density at radius 3 is 3.00 bits per heavy atom. The SMILES string of the molecule is CC(Nc1ccc([N+](=O)[O-])cn1)C1CCOC1. The minimum absolute atomic E-state index is 0.00685. The monoisotopic (exact) mass is 237 g/mol. The Labute approximate surface area is 99.2 Å². The standard InChI is InChI=1S/C11H15N3O3/c1-8(9-4-5-17-7-9)13-11-3-2-10(6-12-11)14(15)16/h2-3,6,8-9H,4-5,7H2,1H3,(H,12,13). The van der Waals surface area contributed by atoms with E-state index in [1.54, 1.807) is 6.07 Å². The molecule has 0 aliphatic carbocycles. The molecule has 1 fully saturated rings. The molecular formula is C11H15N3O3. The average Bonchev–Trinajstić information content (AvgIpc) is 2.83. The van der Waals surface area contributed by atoms with Crippen LogP contribution in [0.15, 0.2) is 18.3 Å². The van der Waals surface area contributed by atoms with Crippen molar-refractivity contribution in [2.24, 2.45) is 5.92 Å². The Bertz CT molecular complexity index is 387. The van der Waals surface area contributed by atoms with Gasteiger partial charge in [-0.15, -0.1) is 0 Å². The molecule has 0 saturated carbocycles. The Kier molecular flexibility index (Phi) is 3.53. The fraction of sp³-hybridized carbons (Fsp3) is 0.545. The summed E-state index contributed by atoms with van der Waals surface area (Å²) in [4.78, 5) is 14.0. The fourth-order valence-electron chi connectivity index (χ4n) is 1.88. The number of aromatic nitrogens is 1. The Morgan fingerprint density at radius 1 is 1.65 bits per heavy atom. The molecule has 1 aliphatic heterocycles. The molecule has 2 heterocycles. The van der Waals surface area contributed by atoms with Crippen molar-refractivity contribution in [1.82, 2.24) is 4.98 Å². The molecule has 2 unspecified atom stereocenters. The van der Waals surface area contributed by atoms with Crippen LogP contribution in [0.1, 0.15) is 13.3 Å². The second-order valence-electron chi connectivity index (χ2n) is 4.22. The summed E-state index contributed by atoms with van der Waals surface area (Å²) in [7, 11) is 0. The maximum atomic E-state index is 10.5. The summed E-state index contributed by atoms with van der Waals surface area (Å²) in [6.45, 7) is 3.65. The van der Waals surface area contributed by atoms with Gasteiger partial charge in [-0.2, -0.15) is 0 Å². The molecule has 92 valence electrons. The Hall–Kier alpha value is -1.69. The highest BCUT2D eigenvalue weighted by atomic mass is 16.6. The van der Waals surface area contributed by atoms with Crippen LogP contribution < -0.4 is 5.32 Å². The molecule has 6 heteroatoms. The second-order valence-corrected chi connectivity index (χ2v) is 4.22. The lowest BCUT2D eigenvalue weighted by molar-refractivity contribution is -0.385. The average molecular weight is 237 g/mol. The number of ether oxygens (including phenoxy) is 1. The Morgan fingerprint density at radius 2 is 2.47 bits per heavy atom. The maximum Gasteiger partial charge on any atom is 0.287 e. The van der Waals surface area contributed by atoms with E-state index < -0.39 is 4.92 Å². The van der Waals surface area contributed by atoms with Crippen LogP contribution in [0.25, 0.3) is 0 Å².